The van der Waals surface area contributed by atoms with Gasteiger partial charge in [0.25, 0.3) is 0 Å². The Bertz CT molecular complexity index is 2800. The van der Waals surface area contributed by atoms with Gasteiger partial charge < -0.3 is 29.2 Å². The zero-order valence-electron chi connectivity index (χ0n) is 38.8. The van der Waals surface area contributed by atoms with Crippen LogP contribution in [0.3, 0.4) is 0 Å². The summed E-state index contributed by atoms with van der Waals surface area (Å²) in [4.78, 5) is 17.1. The van der Waals surface area contributed by atoms with Crippen molar-refractivity contribution in [3.8, 4) is 56.2 Å². The van der Waals surface area contributed by atoms with E-state index in [9.17, 15) is 0 Å². The molecule has 0 spiro atoms. The van der Waals surface area contributed by atoms with Crippen LogP contribution in [0.1, 0.15) is 27.7 Å². The summed E-state index contributed by atoms with van der Waals surface area (Å²) in [5.41, 5.74) is 10.7. The quantitative estimate of drug-likeness (QED) is 0.122. The molecule has 0 saturated carbocycles. The van der Waals surface area contributed by atoms with Crippen LogP contribution < -0.4 is 5.46 Å². The van der Waals surface area contributed by atoms with Crippen molar-refractivity contribution in [3.63, 3.8) is 0 Å². The topological polar surface area (TPSA) is 70.0 Å². The zero-order valence-corrected chi connectivity index (χ0v) is 46.8. The molecule has 1 aliphatic rings. The maximum atomic E-state index is 6.08. The molecular weight excluding hydrogens is 1320 g/mol. The van der Waals surface area contributed by atoms with E-state index in [1.54, 1.807) is 47.5 Å². The number of aromatic nitrogens is 4. The largest absolute Gasteiger partial charge is 0.475 e. The fourth-order valence-corrected chi connectivity index (χ4v) is 8.23. The number of hydrogen-bond donors (Lipinski definition) is 0. The van der Waals surface area contributed by atoms with Gasteiger partial charge in [0.2, 0.25) is 0 Å². The molecule has 0 atom stereocenters. The van der Waals surface area contributed by atoms with Gasteiger partial charge in [-0.05, 0) is 125 Å². The third kappa shape index (κ3) is 16.6. The Morgan fingerprint density at radius 2 is 0.871 bits per heavy atom. The molecule has 6 aromatic heterocycles. The van der Waals surface area contributed by atoms with Gasteiger partial charge in [-0.25, -0.2) is 0 Å². The molecule has 0 N–H and O–H groups in total. The second-order valence-corrected chi connectivity index (χ2v) is 18.5. The first-order valence-corrected chi connectivity index (χ1v) is 24.5. The SMILES string of the molecule is Brc1ccsc1.CC1(C)OB(c2cc[c-]c(-c3ccccn3)c2)OC1(C)C.[Ir].[Ir].[c-]1ccc(-c2ccsc2)cc1-c1ccccn1.[c-]1ccccc1-c1ccccn1.[c-]1ccccc1-c1ccccn1. The van der Waals surface area contributed by atoms with Crippen LogP contribution in [0.5, 0.6) is 0 Å². The Kier molecular flexibility index (Phi) is 22.6. The number of halogens is 1. The average Bonchev–Trinajstić information content (AvgIpc) is 4.18. The van der Waals surface area contributed by atoms with E-state index in [0.717, 1.165) is 50.5 Å². The van der Waals surface area contributed by atoms with Crippen molar-refractivity contribution >= 4 is 51.2 Å². The Labute approximate surface area is 456 Å². The summed E-state index contributed by atoms with van der Waals surface area (Å²) < 4.78 is 13.3. The first-order chi connectivity index (χ1) is 33.1. The summed E-state index contributed by atoms with van der Waals surface area (Å²) in [6.07, 6.45) is 7.16. The van der Waals surface area contributed by atoms with Gasteiger partial charge in [-0.3, -0.25) is 0 Å². The second-order valence-electron chi connectivity index (χ2n) is 16.0. The van der Waals surface area contributed by atoms with Gasteiger partial charge in [-0.2, -0.15) is 22.7 Å². The van der Waals surface area contributed by atoms with E-state index in [2.05, 4.69) is 117 Å². The molecule has 1 aliphatic heterocycles. The van der Waals surface area contributed by atoms with Gasteiger partial charge >= 0.3 is 7.12 Å². The molecular formula is C58H48BBrIr2N4O2S2-4. The third-order valence-corrected chi connectivity index (χ3v) is 12.8. The summed E-state index contributed by atoms with van der Waals surface area (Å²) in [6.45, 7) is 8.23. The van der Waals surface area contributed by atoms with Gasteiger partial charge in [0.15, 0.2) is 0 Å². The van der Waals surface area contributed by atoms with E-state index in [4.69, 9.17) is 9.31 Å². The van der Waals surface area contributed by atoms with Crippen LogP contribution >= 0.6 is 38.6 Å². The molecule has 4 aromatic carbocycles. The van der Waals surface area contributed by atoms with Gasteiger partial charge in [0.05, 0.1) is 11.2 Å². The van der Waals surface area contributed by atoms with Crippen LogP contribution in [0.25, 0.3) is 56.2 Å². The number of benzene rings is 4. The molecule has 1 fully saturated rings. The summed E-state index contributed by atoms with van der Waals surface area (Å²) in [7, 11) is -0.355. The van der Waals surface area contributed by atoms with Gasteiger partial charge in [-0.15, -0.1) is 137 Å². The summed E-state index contributed by atoms with van der Waals surface area (Å²) in [5.74, 6) is 0. The van der Waals surface area contributed by atoms with Crippen LogP contribution in [-0.2, 0) is 49.5 Å². The smallest absolute Gasteiger partial charge is 0.400 e. The minimum absolute atomic E-state index is 0. The van der Waals surface area contributed by atoms with Crippen LogP contribution in [0, 0.1) is 24.3 Å². The second kappa shape index (κ2) is 28.5. The van der Waals surface area contributed by atoms with Crippen molar-refractivity contribution in [1.82, 2.24) is 19.9 Å². The normalized spacial score (nSPS) is 12.5. The summed E-state index contributed by atoms with van der Waals surface area (Å²) >= 11 is 6.69. The molecule has 12 heteroatoms. The number of rotatable bonds is 6. The fourth-order valence-electron chi connectivity index (χ4n) is 6.42. The minimum atomic E-state index is -0.355. The molecule has 10 aromatic rings. The molecule has 70 heavy (non-hydrogen) atoms. The molecule has 1 saturated heterocycles. The Hall–Kier alpha value is -5.36. The van der Waals surface area contributed by atoms with Crippen molar-refractivity contribution in [3.05, 3.63) is 245 Å². The maximum absolute atomic E-state index is 6.08. The number of nitrogens with zero attached hydrogens (tertiary/aromatic N) is 4. The first-order valence-electron chi connectivity index (χ1n) is 21.8. The molecule has 11 rings (SSSR count). The van der Waals surface area contributed by atoms with E-state index in [1.165, 1.54) is 15.6 Å². The standard InChI is InChI=1S/C17H19BNO2.C15H10NS.2C11H8N.C4H3BrS.2Ir/c1-16(2)17(3,4)21-18(20-16)14-9-7-8-13(12-14)15-10-5-6-11-19-15;1-2-8-16-15(6-1)13-5-3-4-12(10-13)14-7-9-17-11-14;2*1-2-6-10(7-3-1)11-8-4-5-9-12-11;5-4-1-2-6-3-4;;/h5-7,9-12H,1-4H3;1-4,6-11H;2*1-6,8-9H;1-3H;;/q4*-1;;;. The van der Waals surface area contributed by atoms with Crippen LogP contribution in [0.2, 0.25) is 0 Å². The van der Waals surface area contributed by atoms with E-state index < -0.39 is 0 Å². The molecule has 356 valence electrons. The van der Waals surface area contributed by atoms with Crippen molar-refractivity contribution in [1.29, 1.82) is 0 Å². The van der Waals surface area contributed by atoms with Crippen LogP contribution in [-0.4, -0.2) is 38.3 Å². The Balaban J connectivity index is 0.000000169. The van der Waals surface area contributed by atoms with Crippen LogP contribution in [0.4, 0.5) is 0 Å². The Morgan fingerprint density at radius 3 is 1.26 bits per heavy atom. The summed E-state index contributed by atoms with van der Waals surface area (Å²) in [5, 5.41) is 8.31. The molecule has 7 heterocycles. The van der Waals surface area contributed by atoms with Crippen LogP contribution in [0.15, 0.2) is 221 Å². The average molecular weight is 1370 g/mol. The first kappa shape index (κ1) is 55.6. The minimum Gasteiger partial charge on any atom is -0.400 e. The predicted molar refractivity (Wildman–Crippen MR) is 285 cm³/mol. The maximum Gasteiger partial charge on any atom is 0.475 e. The van der Waals surface area contributed by atoms with Crippen molar-refractivity contribution in [2.45, 2.75) is 38.9 Å². The third-order valence-electron chi connectivity index (χ3n) is 10.7. The number of hydrogen-bond acceptors (Lipinski definition) is 8. The monoisotopic (exact) mass is 1370 g/mol. The fraction of sp³-hybridized carbons (Fsp3) is 0.103. The Morgan fingerprint density at radius 1 is 0.443 bits per heavy atom. The van der Waals surface area contributed by atoms with Crippen molar-refractivity contribution < 1.29 is 49.5 Å². The van der Waals surface area contributed by atoms with Crippen molar-refractivity contribution in [2.24, 2.45) is 0 Å². The van der Waals surface area contributed by atoms with E-state index in [0.29, 0.717) is 0 Å². The molecule has 0 unspecified atom stereocenters. The number of pyridine rings is 4. The van der Waals surface area contributed by atoms with Gasteiger partial charge in [0.1, 0.15) is 0 Å². The van der Waals surface area contributed by atoms with E-state index >= 15 is 0 Å². The summed E-state index contributed by atoms with van der Waals surface area (Å²) in [6, 6.07) is 68.1. The van der Waals surface area contributed by atoms with Gasteiger partial charge in [-0.1, -0.05) is 54.1 Å². The number of thiophene rings is 2. The predicted octanol–water partition coefficient (Wildman–Crippen LogP) is 14.7. The van der Waals surface area contributed by atoms with Gasteiger partial charge in [0, 0.05) is 74.9 Å². The molecule has 0 bridgehead atoms. The molecule has 0 amide bonds. The zero-order chi connectivity index (χ0) is 47.4. The molecule has 0 aliphatic carbocycles. The van der Waals surface area contributed by atoms with E-state index in [-0.39, 0.29) is 58.5 Å². The molecule has 2 radical (unpaired) electrons. The molecule has 6 nitrogen and oxygen atoms in total. The van der Waals surface area contributed by atoms with Crippen molar-refractivity contribution in [2.75, 3.05) is 0 Å². The van der Waals surface area contributed by atoms with E-state index in [1.807, 2.05) is 162 Å².